The standard InChI is InChI=1S/C17H20N4O3/c1-10(23)15(18)16-20-14(17(24)21(16)6-7-22)8-11-9-19-13-5-3-2-4-12(11)13/h2-5,8-10,15,22-24H,6-7,18H2,1H3/t10-,15-/m1/s1. The van der Waals surface area contributed by atoms with Gasteiger partial charge in [-0.2, -0.15) is 0 Å². The summed E-state index contributed by atoms with van der Waals surface area (Å²) in [6.07, 6.45) is 2.60. The minimum atomic E-state index is -0.835. The SMILES string of the molecule is C[C@@H](O)[C@@H](N)c1nc(C=C2C=Nc3ccccc32)c(O)n1CCO. The average Bonchev–Trinajstić information content (AvgIpc) is 3.11. The Hall–Kier alpha value is -2.48. The third-order valence-corrected chi connectivity index (χ3v) is 3.99. The number of aromatic nitrogens is 2. The molecule has 5 N–H and O–H groups in total. The van der Waals surface area contributed by atoms with Crippen LogP contribution in [0.4, 0.5) is 5.69 Å². The van der Waals surface area contributed by atoms with Crippen LogP contribution in [-0.4, -0.2) is 43.8 Å². The maximum atomic E-state index is 10.4. The molecule has 0 amide bonds. The number of imidazole rings is 1. The highest BCUT2D eigenvalue weighted by Crippen LogP contribution is 2.34. The monoisotopic (exact) mass is 328 g/mol. The van der Waals surface area contributed by atoms with Crippen LogP contribution < -0.4 is 5.73 Å². The molecule has 0 bridgehead atoms. The van der Waals surface area contributed by atoms with E-state index < -0.39 is 12.1 Å². The number of aromatic hydroxyl groups is 1. The smallest absolute Gasteiger partial charge is 0.219 e. The number of nitrogens with zero attached hydrogens (tertiary/aromatic N) is 3. The van der Waals surface area contributed by atoms with Crippen molar-refractivity contribution >= 4 is 23.6 Å². The zero-order chi connectivity index (χ0) is 17.3. The van der Waals surface area contributed by atoms with Crippen molar-refractivity contribution in [3.05, 3.63) is 41.3 Å². The molecule has 7 heteroatoms. The van der Waals surface area contributed by atoms with Gasteiger partial charge in [-0.15, -0.1) is 0 Å². The van der Waals surface area contributed by atoms with E-state index in [1.807, 2.05) is 24.3 Å². The highest BCUT2D eigenvalue weighted by Gasteiger charge is 2.24. The van der Waals surface area contributed by atoms with E-state index >= 15 is 0 Å². The Morgan fingerprint density at radius 1 is 1.33 bits per heavy atom. The lowest BCUT2D eigenvalue weighted by molar-refractivity contribution is 0.156. The molecule has 0 unspecified atom stereocenters. The number of allylic oxidation sites excluding steroid dienone is 1. The molecule has 0 fully saturated rings. The molecule has 1 aliphatic rings. The second kappa shape index (κ2) is 6.56. The average molecular weight is 328 g/mol. The van der Waals surface area contributed by atoms with Crippen molar-refractivity contribution in [1.29, 1.82) is 0 Å². The molecule has 1 aliphatic heterocycles. The Morgan fingerprint density at radius 3 is 2.79 bits per heavy atom. The largest absolute Gasteiger partial charge is 0.493 e. The molecule has 7 nitrogen and oxygen atoms in total. The number of hydrogen-bond donors (Lipinski definition) is 4. The quantitative estimate of drug-likeness (QED) is 0.658. The number of aliphatic imine (C=N–C) groups is 1. The van der Waals surface area contributed by atoms with Crippen molar-refractivity contribution in [2.24, 2.45) is 10.7 Å². The Bertz CT molecular complexity index is 808. The van der Waals surface area contributed by atoms with Gasteiger partial charge in [0.2, 0.25) is 5.88 Å². The van der Waals surface area contributed by atoms with Gasteiger partial charge in [-0.25, -0.2) is 4.98 Å². The predicted molar refractivity (Wildman–Crippen MR) is 92.1 cm³/mol. The van der Waals surface area contributed by atoms with Gasteiger partial charge >= 0.3 is 0 Å². The van der Waals surface area contributed by atoms with Crippen LogP contribution in [0.15, 0.2) is 29.3 Å². The van der Waals surface area contributed by atoms with Gasteiger partial charge in [0.1, 0.15) is 11.5 Å². The van der Waals surface area contributed by atoms with Crippen LogP contribution in [0, 0.1) is 0 Å². The molecular weight excluding hydrogens is 308 g/mol. The Morgan fingerprint density at radius 2 is 2.08 bits per heavy atom. The van der Waals surface area contributed by atoms with E-state index in [0.717, 1.165) is 16.8 Å². The molecule has 1 aromatic heterocycles. The number of benzene rings is 1. The van der Waals surface area contributed by atoms with Gasteiger partial charge in [0.15, 0.2) is 0 Å². The maximum Gasteiger partial charge on any atom is 0.219 e. The van der Waals surface area contributed by atoms with E-state index in [1.54, 1.807) is 19.2 Å². The van der Waals surface area contributed by atoms with Gasteiger partial charge in [-0.1, -0.05) is 18.2 Å². The van der Waals surface area contributed by atoms with Crippen molar-refractivity contribution in [1.82, 2.24) is 9.55 Å². The van der Waals surface area contributed by atoms with Crippen molar-refractivity contribution < 1.29 is 15.3 Å². The molecule has 2 atom stereocenters. The molecule has 126 valence electrons. The Labute approximate surface area is 139 Å². The number of rotatable bonds is 5. The van der Waals surface area contributed by atoms with Gasteiger partial charge in [-0.05, 0) is 19.1 Å². The summed E-state index contributed by atoms with van der Waals surface area (Å²) in [4.78, 5) is 8.69. The van der Waals surface area contributed by atoms with Crippen LogP contribution in [0.5, 0.6) is 5.88 Å². The molecule has 1 aromatic carbocycles. The normalized spacial score (nSPS) is 17.2. The first-order valence-electron chi connectivity index (χ1n) is 7.72. The lowest BCUT2D eigenvalue weighted by Gasteiger charge is -2.15. The number of aliphatic hydroxyl groups is 2. The molecule has 0 radical (unpaired) electrons. The number of hydrogen-bond acceptors (Lipinski definition) is 6. The number of aliphatic hydroxyl groups excluding tert-OH is 2. The van der Waals surface area contributed by atoms with E-state index in [4.69, 9.17) is 5.73 Å². The van der Waals surface area contributed by atoms with E-state index in [9.17, 15) is 15.3 Å². The molecule has 0 aliphatic carbocycles. The first-order chi connectivity index (χ1) is 11.5. The zero-order valence-electron chi connectivity index (χ0n) is 13.3. The molecule has 2 aromatic rings. The van der Waals surface area contributed by atoms with Crippen LogP contribution in [0.1, 0.15) is 30.0 Å². The molecule has 24 heavy (non-hydrogen) atoms. The van der Waals surface area contributed by atoms with E-state index in [0.29, 0.717) is 11.5 Å². The number of para-hydroxylation sites is 1. The zero-order valence-corrected chi connectivity index (χ0v) is 13.3. The van der Waals surface area contributed by atoms with E-state index in [1.165, 1.54) is 4.57 Å². The Balaban J connectivity index is 2.05. The van der Waals surface area contributed by atoms with Gasteiger partial charge in [0.05, 0.1) is 31.0 Å². The van der Waals surface area contributed by atoms with Crippen LogP contribution in [0.25, 0.3) is 11.6 Å². The van der Waals surface area contributed by atoms with Gasteiger partial charge < -0.3 is 21.1 Å². The lowest BCUT2D eigenvalue weighted by Crippen LogP contribution is -2.27. The molecule has 0 spiro atoms. The minimum absolute atomic E-state index is 0.0968. The molecular formula is C17H20N4O3. The summed E-state index contributed by atoms with van der Waals surface area (Å²) in [6, 6.07) is 6.91. The summed E-state index contributed by atoms with van der Waals surface area (Å²) >= 11 is 0. The van der Waals surface area contributed by atoms with Crippen molar-refractivity contribution in [2.45, 2.75) is 25.6 Å². The van der Waals surface area contributed by atoms with E-state index in [2.05, 4.69) is 9.98 Å². The number of fused-ring (bicyclic) bond motifs is 1. The highest BCUT2D eigenvalue weighted by atomic mass is 16.3. The lowest BCUT2D eigenvalue weighted by atomic mass is 10.1. The summed E-state index contributed by atoms with van der Waals surface area (Å²) < 4.78 is 1.42. The third kappa shape index (κ3) is 2.84. The Kier molecular flexibility index (Phi) is 4.48. The van der Waals surface area contributed by atoms with E-state index in [-0.39, 0.29) is 19.0 Å². The summed E-state index contributed by atoms with van der Waals surface area (Å²) in [5.41, 5.74) is 8.93. The fraction of sp³-hybridized carbons (Fsp3) is 0.294. The third-order valence-electron chi connectivity index (χ3n) is 3.99. The minimum Gasteiger partial charge on any atom is -0.493 e. The maximum absolute atomic E-state index is 10.4. The predicted octanol–water partition coefficient (Wildman–Crippen LogP) is 1.22. The topological polar surface area (TPSA) is 117 Å². The van der Waals surface area contributed by atoms with Crippen molar-refractivity contribution in [3.63, 3.8) is 0 Å². The van der Waals surface area contributed by atoms with Gasteiger partial charge in [-0.3, -0.25) is 9.56 Å². The van der Waals surface area contributed by atoms with Gasteiger partial charge in [0.25, 0.3) is 0 Å². The van der Waals surface area contributed by atoms with Gasteiger partial charge in [0, 0.05) is 17.4 Å². The fourth-order valence-electron chi connectivity index (χ4n) is 2.67. The second-order valence-electron chi connectivity index (χ2n) is 5.70. The van der Waals surface area contributed by atoms with Crippen molar-refractivity contribution in [3.8, 4) is 5.88 Å². The second-order valence-corrected chi connectivity index (χ2v) is 5.70. The van der Waals surface area contributed by atoms with Crippen LogP contribution in [0.3, 0.4) is 0 Å². The summed E-state index contributed by atoms with van der Waals surface area (Å²) in [5, 5.41) is 29.4. The van der Waals surface area contributed by atoms with Crippen LogP contribution in [-0.2, 0) is 6.54 Å². The molecule has 2 heterocycles. The van der Waals surface area contributed by atoms with Crippen LogP contribution >= 0.6 is 0 Å². The summed E-state index contributed by atoms with van der Waals surface area (Å²) in [6.45, 7) is 1.52. The fourth-order valence-corrected chi connectivity index (χ4v) is 2.67. The highest BCUT2D eigenvalue weighted by molar-refractivity contribution is 6.21. The summed E-state index contributed by atoms with van der Waals surface area (Å²) in [5.74, 6) is 0.229. The first kappa shape index (κ1) is 16.4. The number of nitrogens with two attached hydrogens (primary N) is 1. The van der Waals surface area contributed by atoms with Crippen molar-refractivity contribution in [2.75, 3.05) is 6.61 Å². The first-order valence-corrected chi connectivity index (χ1v) is 7.72. The van der Waals surface area contributed by atoms with Crippen LogP contribution in [0.2, 0.25) is 0 Å². The molecule has 3 rings (SSSR count). The summed E-state index contributed by atoms with van der Waals surface area (Å²) in [7, 11) is 0. The molecule has 0 saturated carbocycles. The molecule has 0 saturated heterocycles.